The number of nitrogens with zero attached hydrogens (tertiary/aromatic N) is 1. The molecule has 1 aliphatic rings. The van der Waals surface area contributed by atoms with Gasteiger partial charge in [0, 0.05) is 23.0 Å². The topological polar surface area (TPSA) is 60.0 Å². The Bertz CT molecular complexity index is 1340. The third-order valence-electron chi connectivity index (χ3n) is 6.02. The highest BCUT2D eigenvalue weighted by molar-refractivity contribution is 6.12. The molecule has 0 saturated carbocycles. The number of para-hydroxylation sites is 2. The summed E-state index contributed by atoms with van der Waals surface area (Å²) in [6.45, 7) is 0.298. The molecule has 4 aromatic rings. The van der Waals surface area contributed by atoms with Gasteiger partial charge in [0.15, 0.2) is 0 Å². The Kier molecular flexibility index (Phi) is 6.26. The first-order chi connectivity index (χ1) is 17.2. The number of hydrogen-bond donors (Lipinski definition) is 1. The van der Waals surface area contributed by atoms with Crippen LogP contribution in [0.5, 0.6) is 17.2 Å². The van der Waals surface area contributed by atoms with Crippen LogP contribution in [-0.2, 0) is 6.61 Å². The van der Waals surface area contributed by atoms with Crippen LogP contribution in [-0.4, -0.2) is 20.1 Å². The Balaban J connectivity index is 1.51. The molecule has 6 heteroatoms. The van der Waals surface area contributed by atoms with Crippen LogP contribution in [0.15, 0.2) is 97.1 Å². The minimum Gasteiger partial charge on any atom is -0.497 e. The molecule has 1 heterocycles. The molecular weight excluding hydrogens is 440 g/mol. The van der Waals surface area contributed by atoms with Crippen molar-refractivity contribution in [3.8, 4) is 17.2 Å². The Morgan fingerprint density at radius 2 is 1.57 bits per heavy atom. The Morgan fingerprint density at radius 3 is 2.37 bits per heavy atom. The van der Waals surface area contributed by atoms with Gasteiger partial charge in [0.25, 0.3) is 5.91 Å². The summed E-state index contributed by atoms with van der Waals surface area (Å²) in [7, 11) is 3.26. The predicted molar refractivity (Wildman–Crippen MR) is 136 cm³/mol. The second kappa shape index (κ2) is 9.81. The number of carbonyl (C=O) groups is 1. The average Bonchev–Trinajstić information content (AvgIpc) is 2.92. The number of fused-ring (bicyclic) bond motifs is 1. The van der Waals surface area contributed by atoms with Crippen LogP contribution >= 0.6 is 0 Å². The minimum atomic E-state index is -0.402. The summed E-state index contributed by atoms with van der Waals surface area (Å²) in [5, 5.41) is 3.55. The molecule has 1 N–H and O–H groups in total. The Morgan fingerprint density at radius 1 is 0.800 bits per heavy atom. The van der Waals surface area contributed by atoms with Gasteiger partial charge in [0.05, 0.1) is 19.8 Å². The van der Waals surface area contributed by atoms with Crippen LogP contribution in [0.4, 0.5) is 11.4 Å². The van der Waals surface area contributed by atoms with E-state index in [4.69, 9.17) is 14.2 Å². The lowest BCUT2D eigenvalue weighted by atomic mass is 10.0. The molecule has 0 bridgehead atoms. The van der Waals surface area contributed by atoms with Gasteiger partial charge in [-0.1, -0.05) is 42.5 Å². The van der Waals surface area contributed by atoms with Gasteiger partial charge in [-0.05, 0) is 54.1 Å². The molecular formula is C29H26N2O4. The number of nitrogens with one attached hydrogen (secondary N) is 1. The summed E-state index contributed by atoms with van der Waals surface area (Å²) in [6, 6.07) is 30.7. The third-order valence-corrected chi connectivity index (χ3v) is 6.02. The van der Waals surface area contributed by atoms with Crippen LogP contribution in [0, 0.1) is 0 Å². The van der Waals surface area contributed by atoms with E-state index in [0.717, 1.165) is 28.3 Å². The van der Waals surface area contributed by atoms with Crippen molar-refractivity contribution < 1.29 is 19.0 Å². The number of carbonyl (C=O) groups excluding carboxylic acids is 1. The van der Waals surface area contributed by atoms with Gasteiger partial charge >= 0.3 is 0 Å². The highest BCUT2D eigenvalue weighted by Crippen LogP contribution is 2.38. The van der Waals surface area contributed by atoms with Crippen molar-refractivity contribution in [2.45, 2.75) is 12.8 Å². The van der Waals surface area contributed by atoms with Gasteiger partial charge in [-0.25, -0.2) is 0 Å². The summed E-state index contributed by atoms with van der Waals surface area (Å²) in [4.78, 5) is 15.4. The lowest BCUT2D eigenvalue weighted by Crippen LogP contribution is -2.43. The van der Waals surface area contributed by atoms with Crippen LogP contribution in [0.2, 0.25) is 0 Å². The van der Waals surface area contributed by atoms with Crippen molar-refractivity contribution in [2.24, 2.45) is 0 Å². The summed E-state index contributed by atoms with van der Waals surface area (Å²) >= 11 is 0. The second-order valence-electron chi connectivity index (χ2n) is 8.14. The standard InChI is InChI=1S/C29H26N2O4/c1-33-23-11-8-12-24(18-23)35-19-21-17-20(15-16-27(21)34-2)28-30-26-14-7-6-13-25(26)29(32)31(28)22-9-4-3-5-10-22/h3-18,28,30H,19H2,1-2H3/t28-/m1/s1. The molecule has 1 aliphatic heterocycles. The molecule has 0 aromatic heterocycles. The van der Waals surface area contributed by atoms with E-state index < -0.39 is 6.17 Å². The molecule has 176 valence electrons. The summed E-state index contributed by atoms with van der Waals surface area (Å²) in [6.07, 6.45) is -0.402. The van der Waals surface area contributed by atoms with Crippen molar-refractivity contribution >= 4 is 17.3 Å². The molecule has 5 rings (SSSR count). The zero-order valence-corrected chi connectivity index (χ0v) is 19.6. The highest BCUT2D eigenvalue weighted by Gasteiger charge is 2.34. The van der Waals surface area contributed by atoms with E-state index in [1.807, 2.05) is 97.1 Å². The van der Waals surface area contributed by atoms with E-state index in [2.05, 4.69) is 5.32 Å². The van der Waals surface area contributed by atoms with E-state index in [0.29, 0.717) is 23.7 Å². The molecule has 0 unspecified atom stereocenters. The minimum absolute atomic E-state index is 0.0550. The summed E-state index contributed by atoms with van der Waals surface area (Å²) in [5.41, 5.74) is 4.05. The molecule has 6 nitrogen and oxygen atoms in total. The van der Waals surface area contributed by atoms with Crippen LogP contribution in [0.1, 0.15) is 27.7 Å². The fourth-order valence-electron chi connectivity index (χ4n) is 4.28. The van der Waals surface area contributed by atoms with Crippen LogP contribution in [0.3, 0.4) is 0 Å². The lowest BCUT2D eigenvalue weighted by molar-refractivity contribution is 0.0975. The average molecular weight is 467 g/mol. The normalized spacial score (nSPS) is 14.6. The number of amides is 1. The maximum absolute atomic E-state index is 13.6. The monoisotopic (exact) mass is 466 g/mol. The molecule has 0 radical (unpaired) electrons. The lowest BCUT2D eigenvalue weighted by Gasteiger charge is -2.38. The largest absolute Gasteiger partial charge is 0.497 e. The maximum Gasteiger partial charge on any atom is 0.262 e. The number of anilines is 2. The van der Waals surface area contributed by atoms with Gasteiger partial charge < -0.3 is 19.5 Å². The zero-order chi connectivity index (χ0) is 24.2. The fraction of sp³-hybridized carbons (Fsp3) is 0.138. The Hall–Kier alpha value is -4.45. The molecule has 0 saturated heterocycles. The predicted octanol–water partition coefficient (Wildman–Crippen LogP) is 6.05. The first kappa shape index (κ1) is 22.3. The van der Waals surface area contributed by atoms with E-state index in [1.54, 1.807) is 19.1 Å². The Labute approximate surface area is 204 Å². The maximum atomic E-state index is 13.6. The van der Waals surface area contributed by atoms with Gasteiger partial charge in [0.2, 0.25) is 0 Å². The quantitative estimate of drug-likeness (QED) is 0.359. The number of rotatable bonds is 7. The van der Waals surface area contributed by atoms with E-state index in [-0.39, 0.29) is 5.91 Å². The molecule has 4 aromatic carbocycles. The number of hydrogen-bond acceptors (Lipinski definition) is 5. The SMILES string of the molecule is COc1cccc(OCc2cc([C@@H]3Nc4ccccc4C(=O)N3c3ccccc3)ccc2OC)c1. The second-order valence-corrected chi connectivity index (χ2v) is 8.14. The molecule has 1 atom stereocenters. The van der Waals surface area contributed by atoms with Crippen molar-refractivity contribution in [1.29, 1.82) is 0 Å². The van der Waals surface area contributed by atoms with Gasteiger partial charge in [0.1, 0.15) is 30.0 Å². The molecule has 0 aliphatic carbocycles. The molecule has 0 fully saturated rings. The smallest absolute Gasteiger partial charge is 0.262 e. The first-order valence-corrected chi connectivity index (χ1v) is 11.4. The van der Waals surface area contributed by atoms with Gasteiger partial charge in [-0.15, -0.1) is 0 Å². The number of benzene rings is 4. The van der Waals surface area contributed by atoms with Gasteiger partial charge in [-0.2, -0.15) is 0 Å². The van der Waals surface area contributed by atoms with Crippen molar-refractivity contribution in [3.05, 3.63) is 114 Å². The molecule has 35 heavy (non-hydrogen) atoms. The third kappa shape index (κ3) is 4.51. The summed E-state index contributed by atoms with van der Waals surface area (Å²) in [5.74, 6) is 2.08. The van der Waals surface area contributed by atoms with E-state index >= 15 is 0 Å². The van der Waals surface area contributed by atoms with Gasteiger partial charge in [-0.3, -0.25) is 9.69 Å². The molecule has 1 amide bonds. The van der Waals surface area contributed by atoms with Crippen molar-refractivity contribution in [2.75, 3.05) is 24.4 Å². The number of methoxy groups -OCH3 is 2. The van der Waals surface area contributed by atoms with Crippen molar-refractivity contribution in [3.63, 3.8) is 0 Å². The first-order valence-electron chi connectivity index (χ1n) is 11.4. The highest BCUT2D eigenvalue weighted by atomic mass is 16.5. The summed E-state index contributed by atoms with van der Waals surface area (Å²) < 4.78 is 16.9. The zero-order valence-electron chi connectivity index (χ0n) is 19.6. The van der Waals surface area contributed by atoms with Crippen LogP contribution < -0.4 is 24.4 Å². The van der Waals surface area contributed by atoms with Crippen LogP contribution in [0.25, 0.3) is 0 Å². The number of ether oxygens (including phenoxy) is 3. The fourth-order valence-corrected chi connectivity index (χ4v) is 4.28. The van der Waals surface area contributed by atoms with E-state index in [9.17, 15) is 4.79 Å². The van der Waals surface area contributed by atoms with E-state index in [1.165, 1.54) is 0 Å². The van der Waals surface area contributed by atoms with Crippen molar-refractivity contribution in [1.82, 2.24) is 0 Å². The molecule has 0 spiro atoms.